The summed E-state index contributed by atoms with van der Waals surface area (Å²) in [5, 5.41) is 22.3. The van der Waals surface area contributed by atoms with Crippen molar-refractivity contribution < 1.29 is 29.3 Å². The van der Waals surface area contributed by atoms with Gasteiger partial charge in [0.05, 0.1) is 31.5 Å². The van der Waals surface area contributed by atoms with E-state index in [1.165, 1.54) is 43.4 Å². The highest BCUT2D eigenvalue weighted by molar-refractivity contribution is 6.52. The molecule has 37 heavy (non-hydrogen) atoms. The lowest BCUT2D eigenvalue weighted by Gasteiger charge is -2.27. The number of hydrogen-bond acceptors (Lipinski definition) is 6. The number of aromatic hydroxyl groups is 1. The summed E-state index contributed by atoms with van der Waals surface area (Å²) < 4.78 is 10.6. The van der Waals surface area contributed by atoms with Gasteiger partial charge < -0.3 is 19.7 Å². The van der Waals surface area contributed by atoms with Crippen molar-refractivity contribution in [2.75, 3.05) is 19.1 Å². The normalized spacial score (nSPS) is 17.2. The Kier molecular flexibility index (Phi) is 6.93. The highest BCUT2D eigenvalue weighted by atomic mass is 35.5. The number of amides is 1. The lowest BCUT2D eigenvalue weighted by molar-refractivity contribution is -0.132. The summed E-state index contributed by atoms with van der Waals surface area (Å²) in [5.41, 5.74) is 1.71. The van der Waals surface area contributed by atoms with Gasteiger partial charge in [-0.3, -0.25) is 14.5 Å². The molecule has 1 fully saturated rings. The Bertz CT molecular complexity index is 1400. The van der Waals surface area contributed by atoms with Crippen LogP contribution in [0.15, 0.2) is 66.2 Å². The van der Waals surface area contributed by atoms with E-state index in [4.69, 9.17) is 21.1 Å². The molecule has 3 aromatic carbocycles. The van der Waals surface area contributed by atoms with Crippen LogP contribution in [0.4, 0.5) is 5.69 Å². The maximum Gasteiger partial charge on any atom is 0.300 e. The smallest absolute Gasteiger partial charge is 0.300 e. The van der Waals surface area contributed by atoms with Crippen LogP contribution >= 0.6 is 11.6 Å². The largest absolute Gasteiger partial charge is 0.507 e. The molecule has 1 unspecified atom stereocenters. The number of hydrogen-bond donors (Lipinski definition) is 2. The van der Waals surface area contributed by atoms with Crippen LogP contribution in [0.2, 0.25) is 5.02 Å². The van der Waals surface area contributed by atoms with Crippen molar-refractivity contribution in [2.45, 2.75) is 32.2 Å². The van der Waals surface area contributed by atoms with E-state index in [1.54, 1.807) is 12.1 Å². The molecule has 1 saturated heterocycles. The van der Waals surface area contributed by atoms with E-state index in [0.717, 1.165) is 5.56 Å². The van der Waals surface area contributed by atoms with Gasteiger partial charge in [0.2, 0.25) is 0 Å². The zero-order valence-electron chi connectivity index (χ0n) is 21.2. The number of nitrogens with zero attached hydrogens (tertiary/aromatic N) is 1. The van der Waals surface area contributed by atoms with Crippen LogP contribution in [0.3, 0.4) is 0 Å². The van der Waals surface area contributed by atoms with Crippen molar-refractivity contribution in [3.05, 3.63) is 87.9 Å². The molecule has 2 N–H and O–H groups in total. The van der Waals surface area contributed by atoms with Gasteiger partial charge in [-0.15, -0.1) is 0 Å². The monoisotopic (exact) mass is 521 g/mol. The quantitative estimate of drug-likeness (QED) is 0.243. The van der Waals surface area contributed by atoms with Crippen LogP contribution in [0.25, 0.3) is 5.76 Å². The van der Waals surface area contributed by atoms with E-state index in [0.29, 0.717) is 17.1 Å². The van der Waals surface area contributed by atoms with E-state index >= 15 is 0 Å². The van der Waals surface area contributed by atoms with Crippen molar-refractivity contribution in [1.29, 1.82) is 0 Å². The topological polar surface area (TPSA) is 96.3 Å². The second-order valence-corrected chi connectivity index (χ2v) is 10.2. The maximum atomic E-state index is 13.4. The molecule has 8 heteroatoms. The fourth-order valence-corrected chi connectivity index (χ4v) is 4.56. The molecule has 3 aromatic rings. The number of aliphatic hydroxyl groups excluding tert-OH is 1. The molecule has 1 aliphatic heterocycles. The summed E-state index contributed by atoms with van der Waals surface area (Å²) in [6.45, 7) is 6.24. The van der Waals surface area contributed by atoms with Crippen molar-refractivity contribution in [3.8, 4) is 17.2 Å². The van der Waals surface area contributed by atoms with Gasteiger partial charge >= 0.3 is 0 Å². The predicted octanol–water partition coefficient (Wildman–Crippen LogP) is 5.99. The summed E-state index contributed by atoms with van der Waals surface area (Å²) in [4.78, 5) is 28.0. The first kappa shape index (κ1) is 26.1. The molecule has 0 radical (unpaired) electrons. The lowest BCUT2D eigenvalue weighted by Crippen LogP contribution is -2.29. The summed E-state index contributed by atoms with van der Waals surface area (Å²) >= 11 is 6.18. The van der Waals surface area contributed by atoms with Gasteiger partial charge in [-0.05, 0) is 52.9 Å². The van der Waals surface area contributed by atoms with Gasteiger partial charge in [-0.25, -0.2) is 0 Å². The van der Waals surface area contributed by atoms with Gasteiger partial charge in [0, 0.05) is 10.6 Å². The minimum absolute atomic E-state index is 0.0610. The molecule has 1 heterocycles. The minimum Gasteiger partial charge on any atom is -0.507 e. The highest BCUT2D eigenvalue weighted by Crippen LogP contribution is 2.46. The first-order chi connectivity index (χ1) is 17.5. The average molecular weight is 522 g/mol. The second kappa shape index (κ2) is 9.82. The SMILES string of the molecule is COc1ccc(/C(O)=C2\C(=O)C(=O)N(c3cc(Cl)ccc3O)C2c2ccc(C(C)(C)C)cc2)cc1OC. The Morgan fingerprint density at radius 2 is 1.57 bits per heavy atom. The zero-order chi connectivity index (χ0) is 27.1. The average Bonchev–Trinajstić information content (AvgIpc) is 3.14. The number of phenolic OH excluding ortho intramolecular Hbond substituents is 1. The van der Waals surface area contributed by atoms with Crippen molar-refractivity contribution >= 4 is 34.7 Å². The van der Waals surface area contributed by atoms with E-state index in [1.807, 2.05) is 24.3 Å². The van der Waals surface area contributed by atoms with E-state index in [-0.39, 0.29) is 38.8 Å². The van der Waals surface area contributed by atoms with Crippen LogP contribution in [0.1, 0.15) is 43.5 Å². The summed E-state index contributed by atoms with van der Waals surface area (Å²) in [6.07, 6.45) is 0. The molecular weight excluding hydrogens is 494 g/mol. The Labute approximate surface area is 220 Å². The van der Waals surface area contributed by atoms with Gasteiger partial charge in [0.1, 0.15) is 11.5 Å². The number of anilines is 1. The third kappa shape index (κ3) is 4.74. The summed E-state index contributed by atoms with van der Waals surface area (Å²) in [6, 6.07) is 15.4. The zero-order valence-corrected chi connectivity index (χ0v) is 22.0. The molecule has 192 valence electrons. The highest BCUT2D eigenvalue weighted by Gasteiger charge is 2.47. The summed E-state index contributed by atoms with van der Waals surface area (Å²) in [5.74, 6) is -1.61. The summed E-state index contributed by atoms with van der Waals surface area (Å²) in [7, 11) is 2.95. The fourth-order valence-electron chi connectivity index (χ4n) is 4.39. The van der Waals surface area contributed by atoms with Crippen molar-refractivity contribution in [1.82, 2.24) is 0 Å². The lowest BCUT2D eigenvalue weighted by atomic mass is 9.85. The molecule has 0 spiro atoms. The van der Waals surface area contributed by atoms with Crippen LogP contribution in [-0.4, -0.2) is 36.1 Å². The third-order valence-corrected chi connectivity index (χ3v) is 6.63. The van der Waals surface area contributed by atoms with Gasteiger partial charge in [-0.1, -0.05) is 56.6 Å². The number of aliphatic hydroxyl groups is 1. The first-order valence-electron chi connectivity index (χ1n) is 11.6. The van der Waals surface area contributed by atoms with Gasteiger partial charge in [-0.2, -0.15) is 0 Å². The number of benzene rings is 3. The third-order valence-electron chi connectivity index (χ3n) is 6.39. The van der Waals surface area contributed by atoms with Gasteiger partial charge in [0.25, 0.3) is 11.7 Å². The van der Waals surface area contributed by atoms with Crippen molar-refractivity contribution in [3.63, 3.8) is 0 Å². The maximum absolute atomic E-state index is 13.4. The number of rotatable bonds is 5. The Morgan fingerprint density at radius 3 is 2.16 bits per heavy atom. The molecule has 0 aromatic heterocycles. The standard InChI is InChI=1S/C29H28ClNO6/c1-29(2,3)18-9-6-16(7-10-18)25-24(26(33)17-8-13-22(36-4)23(14-17)37-5)27(34)28(35)31(25)20-15-19(30)11-12-21(20)32/h6-15,25,32-33H,1-5H3/b26-24+. The first-order valence-corrected chi connectivity index (χ1v) is 12.0. The number of methoxy groups -OCH3 is 2. The Balaban J connectivity index is 1.97. The number of halogens is 1. The molecule has 0 bridgehead atoms. The number of Topliss-reactive ketones (excluding diaryl/α,β-unsaturated/α-hetero) is 1. The van der Waals surface area contributed by atoms with Crippen LogP contribution in [-0.2, 0) is 15.0 Å². The van der Waals surface area contributed by atoms with Crippen LogP contribution in [0.5, 0.6) is 17.2 Å². The molecular formula is C29H28ClNO6. The molecule has 1 atom stereocenters. The number of ketones is 1. The molecule has 1 amide bonds. The number of ether oxygens (including phenoxy) is 2. The minimum atomic E-state index is -1.02. The number of phenols is 1. The van der Waals surface area contributed by atoms with Crippen molar-refractivity contribution in [2.24, 2.45) is 0 Å². The van der Waals surface area contributed by atoms with E-state index in [9.17, 15) is 19.8 Å². The second-order valence-electron chi connectivity index (χ2n) is 9.74. The Morgan fingerprint density at radius 1 is 0.919 bits per heavy atom. The van der Waals surface area contributed by atoms with Crippen LogP contribution < -0.4 is 14.4 Å². The molecule has 4 rings (SSSR count). The molecule has 0 aliphatic carbocycles. The number of carbonyl (C=O) groups excluding carboxylic acids is 2. The van der Waals surface area contributed by atoms with Gasteiger partial charge in [0.15, 0.2) is 11.5 Å². The predicted molar refractivity (Wildman–Crippen MR) is 143 cm³/mol. The van der Waals surface area contributed by atoms with E-state index in [2.05, 4.69) is 20.8 Å². The van der Waals surface area contributed by atoms with Crippen LogP contribution in [0, 0.1) is 0 Å². The molecule has 0 saturated carbocycles. The molecule has 1 aliphatic rings. The Hall–Kier alpha value is -3.97. The van der Waals surface area contributed by atoms with E-state index < -0.39 is 17.7 Å². The fraction of sp³-hybridized carbons (Fsp3) is 0.241. The molecule has 7 nitrogen and oxygen atoms in total. The number of carbonyl (C=O) groups is 2.